The van der Waals surface area contributed by atoms with Crippen LogP contribution in [0, 0.1) is 18.3 Å². The minimum Gasteiger partial charge on any atom is -0.493 e. The maximum Gasteiger partial charge on any atom is 0.223 e. The Hall–Kier alpha value is -3.53. The number of hydrogen-bond acceptors (Lipinski definition) is 7. The average Bonchev–Trinajstić information content (AvgIpc) is 3.18. The first-order chi connectivity index (χ1) is 13.7. The first-order valence-electron chi connectivity index (χ1n) is 8.94. The number of aryl methyl sites for hydroxylation is 1. The number of ether oxygens (including phenoxy) is 3. The summed E-state index contributed by atoms with van der Waals surface area (Å²) in [5, 5.41) is 13.7. The highest BCUT2D eigenvalue weighted by atomic mass is 16.6. The molecule has 1 unspecified atom stereocenters. The van der Waals surface area contributed by atoms with Crippen molar-refractivity contribution in [2.75, 3.05) is 20.3 Å². The number of nitriles is 1. The van der Waals surface area contributed by atoms with Gasteiger partial charge in [-0.2, -0.15) is 10.2 Å². The lowest BCUT2D eigenvalue weighted by Gasteiger charge is -2.22. The molecule has 28 heavy (non-hydrogen) atoms. The van der Waals surface area contributed by atoms with Crippen LogP contribution in [0.15, 0.2) is 40.9 Å². The Morgan fingerprint density at radius 2 is 1.96 bits per heavy atom. The van der Waals surface area contributed by atoms with Gasteiger partial charge in [0, 0.05) is 12.5 Å². The molecule has 2 heterocycles. The fourth-order valence-corrected chi connectivity index (χ4v) is 3.17. The van der Waals surface area contributed by atoms with Gasteiger partial charge in [-0.3, -0.25) is 0 Å². The maximum atomic E-state index is 9.75. The number of fused-ring (bicyclic) bond motifs is 1. The van der Waals surface area contributed by atoms with Gasteiger partial charge < -0.3 is 18.7 Å². The predicted molar refractivity (Wildman–Crippen MR) is 101 cm³/mol. The number of benzene rings is 2. The van der Waals surface area contributed by atoms with Crippen LogP contribution < -0.4 is 14.2 Å². The summed E-state index contributed by atoms with van der Waals surface area (Å²) in [5.74, 6) is 2.52. The Morgan fingerprint density at radius 1 is 1.18 bits per heavy atom. The third-order valence-electron chi connectivity index (χ3n) is 4.59. The summed E-state index contributed by atoms with van der Waals surface area (Å²) in [4.78, 5) is 4.23. The zero-order chi connectivity index (χ0) is 19.5. The molecule has 0 radical (unpaired) electrons. The molecule has 142 valence electrons. The lowest BCUT2D eigenvalue weighted by molar-refractivity contribution is 0.165. The Morgan fingerprint density at radius 3 is 2.64 bits per heavy atom. The molecule has 7 nitrogen and oxygen atoms in total. The van der Waals surface area contributed by atoms with E-state index in [0.717, 1.165) is 16.7 Å². The van der Waals surface area contributed by atoms with E-state index in [1.54, 1.807) is 14.0 Å². The molecule has 0 fully saturated rings. The van der Waals surface area contributed by atoms with Gasteiger partial charge in [0.05, 0.1) is 19.1 Å². The molecule has 0 saturated carbocycles. The Kier molecular flexibility index (Phi) is 4.85. The zero-order valence-corrected chi connectivity index (χ0v) is 15.6. The molecule has 0 N–H and O–H groups in total. The SMILES string of the molecule is COc1cc(C(C#N)Cc2ccc(-c3noc(C)n3)cc2)cc2c1OCCO2. The van der Waals surface area contributed by atoms with Gasteiger partial charge in [-0.1, -0.05) is 29.4 Å². The smallest absolute Gasteiger partial charge is 0.223 e. The first-order valence-corrected chi connectivity index (χ1v) is 8.94. The topological polar surface area (TPSA) is 90.4 Å². The molecule has 2 aromatic carbocycles. The summed E-state index contributed by atoms with van der Waals surface area (Å²) in [6, 6.07) is 13.9. The standard InChI is InChI=1S/C21H19N3O4/c1-13-23-21(24-28-13)15-5-3-14(4-6-15)9-17(12-22)16-10-18(25-2)20-19(11-16)26-7-8-27-20/h3-6,10-11,17H,7-9H2,1-2H3. The average molecular weight is 377 g/mol. The van der Waals surface area contributed by atoms with Crippen LogP contribution >= 0.6 is 0 Å². The van der Waals surface area contributed by atoms with Crippen molar-refractivity contribution in [3.8, 4) is 34.7 Å². The molecular formula is C21H19N3O4. The summed E-state index contributed by atoms with van der Waals surface area (Å²) >= 11 is 0. The van der Waals surface area contributed by atoms with E-state index in [1.807, 2.05) is 36.4 Å². The molecule has 4 rings (SSSR count). The van der Waals surface area contributed by atoms with Crippen LogP contribution in [-0.4, -0.2) is 30.5 Å². The minimum atomic E-state index is -0.344. The number of rotatable bonds is 5. The molecule has 0 aliphatic carbocycles. The lowest BCUT2D eigenvalue weighted by Crippen LogP contribution is -2.16. The second kappa shape index (κ2) is 7.61. The van der Waals surface area contributed by atoms with Crippen molar-refractivity contribution in [3.05, 3.63) is 53.4 Å². The highest BCUT2D eigenvalue weighted by Gasteiger charge is 2.22. The van der Waals surface area contributed by atoms with Gasteiger partial charge in [-0.15, -0.1) is 0 Å². The first kappa shape index (κ1) is 17.9. The van der Waals surface area contributed by atoms with Crippen molar-refractivity contribution in [1.82, 2.24) is 10.1 Å². The minimum absolute atomic E-state index is 0.344. The summed E-state index contributed by atoms with van der Waals surface area (Å²) in [5.41, 5.74) is 2.74. The van der Waals surface area contributed by atoms with Gasteiger partial charge in [0.25, 0.3) is 0 Å². The molecule has 7 heteroatoms. The van der Waals surface area contributed by atoms with Crippen LogP contribution in [0.25, 0.3) is 11.4 Å². The van der Waals surface area contributed by atoms with Crippen LogP contribution in [0.1, 0.15) is 22.9 Å². The van der Waals surface area contributed by atoms with Crippen LogP contribution in [0.3, 0.4) is 0 Å². The van der Waals surface area contributed by atoms with Crippen molar-refractivity contribution in [2.24, 2.45) is 0 Å². The summed E-state index contributed by atoms with van der Waals surface area (Å²) in [7, 11) is 1.58. The zero-order valence-electron chi connectivity index (χ0n) is 15.6. The fraction of sp³-hybridized carbons (Fsp3) is 0.286. The van der Waals surface area contributed by atoms with Gasteiger partial charge in [-0.25, -0.2) is 0 Å². The van der Waals surface area contributed by atoms with Gasteiger partial charge in [0.15, 0.2) is 11.5 Å². The quantitative estimate of drug-likeness (QED) is 0.670. The summed E-state index contributed by atoms with van der Waals surface area (Å²) in [6.07, 6.45) is 0.560. The number of hydrogen-bond donors (Lipinski definition) is 0. The van der Waals surface area contributed by atoms with Crippen LogP contribution in [0.4, 0.5) is 0 Å². The third-order valence-corrected chi connectivity index (χ3v) is 4.59. The van der Waals surface area contributed by atoms with Crippen molar-refractivity contribution in [2.45, 2.75) is 19.3 Å². The van der Waals surface area contributed by atoms with Gasteiger partial charge in [-0.05, 0) is 29.7 Å². The molecule has 3 aromatic rings. The van der Waals surface area contributed by atoms with Crippen molar-refractivity contribution in [1.29, 1.82) is 5.26 Å². The summed E-state index contributed by atoms with van der Waals surface area (Å²) in [6.45, 7) is 2.72. The molecule has 1 aliphatic rings. The second-order valence-electron chi connectivity index (χ2n) is 6.47. The van der Waals surface area contributed by atoms with Crippen molar-refractivity contribution >= 4 is 0 Å². The van der Waals surface area contributed by atoms with E-state index in [2.05, 4.69) is 16.2 Å². The van der Waals surface area contributed by atoms with Gasteiger partial charge in [0.1, 0.15) is 13.2 Å². The van der Waals surface area contributed by atoms with E-state index in [9.17, 15) is 5.26 Å². The number of aromatic nitrogens is 2. The fourth-order valence-electron chi connectivity index (χ4n) is 3.17. The van der Waals surface area contributed by atoms with E-state index in [0.29, 0.717) is 48.6 Å². The maximum absolute atomic E-state index is 9.75. The predicted octanol–water partition coefficient (Wildman–Crippen LogP) is 3.67. The van der Waals surface area contributed by atoms with Gasteiger partial charge >= 0.3 is 0 Å². The normalized spacial score (nSPS) is 13.6. The molecule has 1 aromatic heterocycles. The molecule has 0 saturated heterocycles. The Balaban J connectivity index is 1.57. The summed E-state index contributed by atoms with van der Waals surface area (Å²) < 4.78 is 21.8. The van der Waals surface area contributed by atoms with Crippen molar-refractivity contribution < 1.29 is 18.7 Å². The molecule has 1 aliphatic heterocycles. The lowest BCUT2D eigenvalue weighted by atomic mass is 9.92. The van der Waals surface area contributed by atoms with Crippen molar-refractivity contribution in [3.63, 3.8) is 0 Å². The number of methoxy groups -OCH3 is 1. The van der Waals surface area contributed by atoms with E-state index >= 15 is 0 Å². The Labute approximate surface area is 162 Å². The highest BCUT2D eigenvalue weighted by Crippen LogP contribution is 2.42. The Bertz CT molecular complexity index is 1000. The third kappa shape index (κ3) is 3.49. The monoisotopic (exact) mass is 377 g/mol. The molecule has 1 atom stereocenters. The van der Waals surface area contributed by atoms with E-state index < -0.39 is 0 Å². The van der Waals surface area contributed by atoms with Crippen LogP contribution in [0.5, 0.6) is 17.2 Å². The van der Waals surface area contributed by atoms with E-state index in [1.165, 1.54) is 0 Å². The molecule has 0 spiro atoms. The van der Waals surface area contributed by atoms with E-state index in [4.69, 9.17) is 18.7 Å². The molecule has 0 amide bonds. The molecule has 0 bridgehead atoms. The highest BCUT2D eigenvalue weighted by molar-refractivity contribution is 5.57. The molecular weight excluding hydrogens is 358 g/mol. The number of nitrogens with zero attached hydrogens (tertiary/aromatic N) is 3. The van der Waals surface area contributed by atoms with Crippen LogP contribution in [-0.2, 0) is 6.42 Å². The largest absolute Gasteiger partial charge is 0.493 e. The van der Waals surface area contributed by atoms with Crippen LogP contribution in [0.2, 0.25) is 0 Å². The van der Waals surface area contributed by atoms with E-state index in [-0.39, 0.29) is 5.92 Å². The second-order valence-corrected chi connectivity index (χ2v) is 6.47. The van der Waals surface area contributed by atoms with Gasteiger partial charge in [0.2, 0.25) is 17.5 Å².